The second-order valence-electron chi connectivity index (χ2n) is 6.70. The van der Waals surface area contributed by atoms with Crippen LogP contribution in [0.15, 0.2) is 4.47 Å². The number of piperazine rings is 1. The zero-order valence-corrected chi connectivity index (χ0v) is 15.6. The summed E-state index contributed by atoms with van der Waals surface area (Å²) in [6, 6.07) is 1.23. The summed E-state index contributed by atoms with van der Waals surface area (Å²) in [6.07, 6.45) is 2.44. The lowest BCUT2D eigenvalue weighted by Gasteiger charge is -2.41. The van der Waals surface area contributed by atoms with Gasteiger partial charge in [-0.3, -0.25) is 9.58 Å². The van der Waals surface area contributed by atoms with E-state index in [0.29, 0.717) is 12.1 Å². The van der Waals surface area contributed by atoms with Crippen molar-refractivity contribution in [3.63, 3.8) is 0 Å². The highest BCUT2D eigenvalue weighted by Crippen LogP contribution is 2.25. The van der Waals surface area contributed by atoms with E-state index < -0.39 is 0 Å². The molecule has 5 heteroatoms. The molecule has 4 nitrogen and oxygen atoms in total. The van der Waals surface area contributed by atoms with Crippen LogP contribution in [0.25, 0.3) is 0 Å². The Hall–Kier alpha value is -0.390. The highest BCUT2D eigenvalue weighted by atomic mass is 79.9. The summed E-state index contributed by atoms with van der Waals surface area (Å²) in [6.45, 7) is 12.2. The fraction of sp³-hybridized carbons (Fsp3) is 0.812. The van der Waals surface area contributed by atoms with Gasteiger partial charge < -0.3 is 5.32 Å². The van der Waals surface area contributed by atoms with Crippen LogP contribution in [0.5, 0.6) is 0 Å². The first-order chi connectivity index (χ1) is 9.92. The Kier molecular flexibility index (Phi) is 5.86. The summed E-state index contributed by atoms with van der Waals surface area (Å²) in [7, 11) is 2.05. The van der Waals surface area contributed by atoms with E-state index in [1.54, 1.807) is 0 Å². The smallest absolute Gasteiger partial charge is 0.0739 e. The molecule has 21 heavy (non-hydrogen) atoms. The fourth-order valence-electron chi connectivity index (χ4n) is 3.22. The van der Waals surface area contributed by atoms with E-state index in [4.69, 9.17) is 0 Å². The molecule has 0 bridgehead atoms. The van der Waals surface area contributed by atoms with Gasteiger partial charge in [-0.1, -0.05) is 20.8 Å². The van der Waals surface area contributed by atoms with Crippen LogP contribution in [0.2, 0.25) is 0 Å². The third-order valence-corrected chi connectivity index (χ3v) is 5.50. The van der Waals surface area contributed by atoms with E-state index in [2.05, 4.69) is 58.9 Å². The molecule has 1 aromatic heterocycles. The van der Waals surface area contributed by atoms with Crippen molar-refractivity contribution in [2.24, 2.45) is 13.0 Å². The van der Waals surface area contributed by atoms with Crippen molar-refractivity contribution in [1.82, 2.24) is 20.0 Å². The van der Waals surface area contributed by atoms with Gasteiger partial charge >= 0.3 is 0 Å². The predicted molar refractivity (Wildman–Crippen MR) is 91.4 cm³/mol. The third-order valence-electron chi connectivity index (χ3n) is 4.46. The van der Waals surface area contributed by atoms with Gasteiger partial charge in [0.2, 0.25) is 0 Å². The van der Waals surface area contributed by atoms with Gasteiger partial charge in [-0.25, -0.2) is 0 Å². The van der Waals surface area contributed by atoms with Gasteiger partial charge in [0.1, 0.15) is 0 Å². The molecule has 1 N–H and O–H groups in total. The summed E-state index contributed by atoms with van der Waals surface area (Å²) < 4.78 is 3.19. The van der Waals surface area contributed by atoms with Gasteiger partial charge in [-0.2, -0.15) is 5.10 Å². The topological polar surface area (TPSA) is 33.1 Å². The van der Waals surface area contributed by atoms with Crippen molar-refractivity contribution in [2.75, 3.05) is 13.1 Å². The van der Waals surface area contributed by atoms with Crippen molar-refractivity contribution in [2.45, 2.75) is 59.2 Å². The molecular weight excluding hydrogens is 328 g/mol. The van der Waals surface area contributed by atoms with E-state index in [9.17, 15) is 0 Å². The molecule has 0 radical (unpaired) electrons. The molecule has 0 amide bonds. The lowest BCUT2D eigenvalue weighted by molar-refractivity contribution is 0.102. The third kappa shape index (κ3) is 4.08. The van der Waals surface area contributed by atoms with Crippen LogP contribution in [-0.4, -0.2) is 39.9 Å². The van der Waals surface area contributed by atoms with Gasteiger partial charge in [-0.05, 0) is 41.6 Å². The van der Waals surface area contributed by atoms with Gasteiger partial charge in [0, 0.05) is 38.8 Å². The molecule has 120 valence electrons. The largest absolute Gasteiger partial charge is 0.311 e. The average Bonchev–Trinajstić information content (AvgIpc) is 2.66. The summed E-state index contributed by atoms with van der Waals surface area (Å²) in [5.41, 5.74) is 2.37. The Balaban J connectivity index is 2.15. The molecule has 2 unspecified atom stereocenters. The molecule has 1 aliphatic rings. The van der Waals surface area contributed by atoms with Crippen LogP contribution in [0.3, 0.4) is 0 Å². The van der Waals surface area contributed by atoms with Crippen molar-refractivity contribution >= 4 is 15.9 Å². The first-order valence-electron chi connectivity index (χ1n) is 8.07. The minimum atomic E-state index is 0.613. The molecule has 0 spiro atoms. The maximum Gasteiger partial charge on any atom is 0.0739 e. The Morgan fingerprint density at radius 2 is 2.14 bits per heavy atom. The van der Waals surface area contributed by atoms with E-state index in [1.807, 2.05) is 11.7 Å². The average molecular weight is 357 g/mol. The SMILES string of the molecule is CCC1CN(Cc2c(Br)c(C)nn2C)C(CC(C)C)CN1. The Labute approximate surface area is 137 Å². The predicted octanol–water partition coefficient (Wildman–Crippen LogP) is 3.09. The second-order valence-corrected chi connectivity index (χ2v) is 7.49. The maximum atomic E-state index is 4.53. The van der Waals surface area contributed by atoms with Crippen LogP contribution in [-0.2, 0) is 13.6 Å². The lowest BCUT2D eigenvalue weighted by Crippen LogP contribution is -2.56. The zero-order chi connectivity index (χ0) is 15.6. The second kappa shape index (κ2) is 7.25. The molecule has 0 saturated carbocycles. The molecule has 1 aromatic rings. The molecule has 1 aliphatic heterocycles. The zero-order valence-electron chi connectivity index (χ0n) is 14.0. The van der Waals surface area contributed by atoms with Gasteiger partial charge in [-0.15, -0.1) is 0 Å². The molecule has 2 rings (SSSR count). The van der Waals surface area contributed by atoms with Crippen molar-refractivity contribution < 1.29 is 0 Å². The standard InChI is InChI=1S/C16H29BrN4/c1-6-13-9-21(14(8-18-13)7-11(2)3)10-15-16(17)12(4)19-20(15)5/h11,13-14,18H,6-10H2,1-5H3. The van der Waals surface area contributed by atoms with E-state index in [1.165, 1.54) is 23.0 Å². The highest BCUT2D eigenvalue weighted by molar-refractivity contribution is 9.10. The first kappa shape index (κ1) is 17.0. The van der Waals surface area contributed by atoms with Crippen LogP contribution in [0.4, 0.5) is 0 Å². The number of rotatable bonds is 5. The Bertz CT molecular complexity index is 469. The number of halogens is 1. The van der Waals surface area contributed by atoms with Gasteiger partial charge in [0.05, 0.1) is 15.9 Å². The minimum Gasteiger partial charge on any atom is -0.311 e. The monoisotopic (exact) mass is 356 g/mol. The minimum absolute atomic E-state index is 0.613. The highest BCUT2D eigenvalue weighted by Gasteiger charge is 2.29. The normalized spacial score (nSPS) is 24.0. The van der Waals surface area contributed by atoms with Crippen LogP contribution < -0.4 is 5.32 Å². The number of aryl methyl sites for hydroxylation is 2. The number of hydrogen-bond acceptors (Lipinski definition) is 3. The number of nitrogens with one attached hydrogen (secondary N) is 1. The summed E-state index contributed by atoms with van der Waals surface area (Å²) >= 11 is 3.71. The number of aromatic nitrogens is 2. The van der Waals surface area contributed by atoms with Crippen molar-refractivity contribution in [3.8, 4) is 0 Å². The van der Waals surface area contributed by atoms with Crippen LogP contribution in [0.1, 0.15) is 45.0 Å². The lowest BCUT2D eigenvalue weighted by atomic mass is 9.98. The molecule has 1 saturated heterocycles. The number of hydrogen-bond donors (Lipinski definition) is 1. The fourth-order valence-corrected chi connectivity index (χ4v) is 3.68. The maximum absolute atomic E-state index is 4.53. The van der Waals surface area contributed by atoms with Crippen LogP contribution >= 0.6 is 15.9 Å². The molecular formula is C16H29BrN4. The summed E-state index contributed by atoms with van der Waals surface area (Å²) in [4.78, 5) is 2.64. The summed E-state index contributed by atoms with van der Waals surface area (Å²) in [5.74, 6) is 0.731. The Morgan fingerprint density at radius 3 is 2.67 bits per heavy atom. The van der Waals surface area contributed by atoms with Gasteiger partial charge in [0.25, 0.3) is 0 Å². The van der Waals surface area contributed by atoms with Gasteiger partial charge in [0.15, 0.2) is 0 Å². The van der Waals surface area contributed by atoms with E-state index >= 15 is 0 Å². The molecule has 1 fully saturated rings. The molecule has 0 aliphatic carbocycles. The molecule has 0 aromatic carbocycles. The number of nitrogens with zero attached hydrogens (tertiary/aromatic N) is 3. The van der Waals surface area contributed by atoms with Crippen molar-refractivity contribution in [3.05, 3.63) is 15.9 Å². The summed E-state index contributed by atoms with van der Waals surface area (Å²) in [5, 5.41) is 8.23. The Morgan fingerprint density at radius 1 is 1.43 bits per heavy atom. The van der Waals surface area contributed by atoms with Crippen LogP contribution in [0, 0.1) is 12.8 Å². The molecule has 2 heterocycles. The van der Waals surface area contributed by atoms with E-state index in [-0.39, 0.29) is 0 Å². The van der Waals surface area contributed by atoms with E-state index in [0.717, 1.165) is 31.2 Å². The van der Waals surface area contributed by atoms with Crippen molar-refractivity contribution in [1.29, 1.82) is 0 Å². The molecule has 2 atom stereocenters. The first-order valence-corrected chi connectivity index (χ1v) is 8.87. The quantitative estimate of drug-likeness (QED) is 0.879.